The zero-order valence-electron chi connectivity index (χ0n) is 32.1. The Morgan fingerprint density at radius 3 is 1.57 bits per heavy atom. The Bertz CT molecular complexity index is 3010. The molecular formula is C57H40S. The van der Waals surface area contributed by atoms with Gasteiger partial charge < -0.3 is 0 Å². The van der Waals surface area contributed by atoms with Crippen molar-refractivity contribution in [2.75, 3.05) is 0 Å². The molecule has 10 aromatic rings. The lowest BCUT2D eigenvalue weighted by molar-refractivity contribution is 0.765. The molecule has 9 aromatic carbocycles. The molecule has 0 nitrogen and oxygen atoms in total. The zero-order valence-corrected chi connectivity index (χ0v) is 32.9. The first-order valence-electron chi connectivity index (χ1n) is 20.3. The van der Waals surface area contributed by atoms with Gasteiger partial charge in [0, 0.05) is 26.1 Å². The molecule has 0 fully saturated rings. The topological polar surface area (TPSA) is 0 Å². The van der Waals surface area contributed by atoms with Crippen molar-refractivity contribution in [1.29, 1.82) is 0 Å². The van der Waals surface area contributed by atoms with Gasteiger partial charge in [-0.05, 0) is 96.9 Å². The SMILES string of the molecule is c1ccc(-c2ccc(C(Cc3ccc4c(c3)-c3ccccc3C4(c3ccccc3)c3ccccc3)c3ccc(-c4ccc5sc6ccccc6c5c4)cc3)cc2)cc1. The molecule has 0 saturated carbocycles. The van der Waals surface area contributed by atoms with E-state index >= 15 is 0 Å². The van der Waals surface area contributed by atoms with Gasteiger partial charge in [0.25, 0.3) is 0 Å². The van der Waals surface area contributed by atoms with E-state index in [4.69, 9.17) is 0 Å². The number of hydrogen-bond donors (Lipinski definition) is 0. The Morgan fingerprint density at radius 1 is 0.362 bits per heavy atom. The summed E-state index contributed by atoms with van der Waals surface area (Å²) in [6.07, 6.45) is 0.885. The molecule has 274 valence electrons. The molecule has 1 aliphatic carbocycles. The molecule has 1 unspecified atom stereocenters. The van der Waals surface area contributed by atoms with Crippen LogP contribution in [0.1, 0.15) is 44.9 Å². The molecule has 0 amide bonds. The number of benzene rings is 9. The van der Waals surface area contributed by atoms with Crippen LogP contribution >= 0.6 is 11.3 Å². The summed E-state index contributed by atoms with van der Waals surface area (Å²) >= 11 is 1.87. The van der Waals surface area contributed by atoms with Crippen molar-refractivity contribution in [3.63, 3.8) is 0 Å². The van der Waals surface area contributed by atoms with Crippen LogP contribution in [-0.2, 0) is 11.8 Å². The molecule has 0 radical (unpaired) electrons. The first-order chi connectivity index (χ1) is 28.7. The maximum atomic E-state index is 2.49. The molecule has 58 heavy (non-hydrogen) atoms. The van der Waals surface area contributed by atoms with Crippen molar-refractivity contribution in [2.45, 2.75) is 17.8 Å². The second kappa shape index (κ2) is 14.3. The van der Waals surface area contributed by atoms with Crippen molar-refractivity contribution >= 4 is 31.5 Å². The zero-order chi connectivity index (χ0) is 38.5. The van der Waals surface area contributed by atoms with E-state index in [0.29, 0.717) is 0 Å². The van der Waals surface area contributed by atoms with Gasteiger partial charge in [-0.25, -0.2) is 0 Å². The average Bonchev–Trinajstić information content (AvgIpc) is 3.82. The van der Waals surface area contributed by atoms with E-state index in [1.165, 1.54) is 92.5 Å². The molecule has 11 rings (SSSR count). The minimum Gasteiger partial charge on any atom is -0.135 e. The smallest absolute Gasteiger partial charge is 0.0713 e. The highest BCUT2D eigenvalue weighted by atomic mass is 32.1. The maximum Gasteiger partial charge on any atom is 0.0713 e. The third-order valence-electron chi connectivity index (χ3n) is 12.4. The summed E-state index contributed by atoms with van der Waals surface area (Å²) in [5, 5.41) is 2.67. The molecule has 0 saturated heterocycles. The largest absolute Gasteiger partial charge is 0.135 e. The Balaban J connectivity index is 1.01. The predicted molar refractivity (Wildman–Crippen MR) is 246 cm³/mol. The van der Waals surface area contributed by atoms with Gasteiger partial charge in [-0.1, -0.05) is 206 Å². The molecular weight excluding hydrogens is 717 g/mol. The van der Waals surface area contributed by atoms with Crippen molar-refractivity contribution in [2.24, 2.45) is 0 Å². The monoisotopic (exact) mass is 756 g/mol. The summed E-state index contributed by atoms with van der Waals surface area (Å²) in [6.45, 7) is 0. The quantitative estimate of drug-likeness (QED) is 0.145. The molecule has 1 heteroatoms. The van der Waals surface area contributed by atoms with E-state index in [2.05, 4.69) is 224 Å². The van der Waals surface area contributed by atoms with Crippen LogP contribution in [0.15, 0.2) is 224 Å². The normalized spacial score (nSPS) is 13.3. The summed E-state index contributed by atoms with van der Waals surface area (Å²) in [5.41, 5.74) is 16.5. The fourth-order valence-corrected chi connectivity index (χ4v) is 10.7. The highest BCUT2D eigenvalue weighted by molar-refractivity contribution is 7.25. The van der Waals surface area contributed by atoms with Crippen LogP contribution in [0, 0.1) is 0 Å². The summed E-state index contributed by atoms with van der Waals surface area (Å²) in [7, 11) is 0. The van der Waals surface area contributed by atoms with Gasteiger partial charge in [-0.15, -0.1) is 11.3 Å². The summed E-state index contributed by atoms with van der Waals surface area (Å²) in [5.74, 6) is 0.171. The Labute approximate surface area is 344 Å². The van der Waals surface area contributed by atoms with E-state index in [1.54, 1.807) is 0 Å². The second-order valence-electron chi connectivity index (χ2n) is 15.6. The van der Waals surface area contributed by atoms with Gasteiger partial charge in [-0.2, -0.15) is 0 Å². The van der Waals surface area contributed by atoms with Crippen LogP contribution in [0.2, 0.25) is 0 Å². The first kappa shape index (κ1) is 34.4. The number of fused-ring (bicyclic) bond motifs is 6. The van der Waals surface area contributed by atoms with Gasteiger partial charge in [0.05, 0.1) is 5.41 Å². The summed E-state index contributed by atoms with van der Waals surface area (Å²) in [6, 6.07) is 83.5. The van der Waals surface area contributed by atoms with Crippen molar-refractivity contribution in [3.05, 3.63) is 263 Å². The molecule has 1 aliphatic rings. The van der Waals surface area contributed by atoms with Crippen molar-refractivity contribution in [3.8, 4) is 33.4 Å². The van der Waals surface area contributed by atoms with Crippen molar-refractivity contribution < 1.29 is 0 Å². The van der Waals surface area contributed by atoms with Gasteiger partial charge in [0.1, 0.15) is 0 Å². The highest BCUT2D eigenvalue weighted by Gasteiger charge is 2.45. The molecule has 0 spiro atoms. The molecule has 1 aromatic heterocycles. The number of rotatable bonds is 8. The Kier molecular flexibility index (Phi) is 8.49. The van der Waals surface area contributed by atoms with Crippen LogP contribution in [-0.4, -0.2) is 0 Å². The van der Waals surface area contributed by atoms with E-state index in [9.17, 15) is 0 Å². The fourth-order valence-electron chi connectivity index (χ4n) is 9.64. The van der Waals surface area contributed by atoms with Crippen LogP contribution in [0.3, 0.4) is 0 Å². The standard InChI is InChI=1S/C57H40S/c1-4-14-40(15-5-1)41-25-29-43(30-26-41)50(44-31-27-42(28-32-44)45-33-35-56-52(38-45)49-21-11-13-23-55(49)58-56)36-39-24-34-54-51(37-39)48-20-10-12-22-53(48)57(54,46-16-6-2-7-17-46)47-18-8-3-9-19-47/h1-35,37-38,50H,36H2. The Hall–Kier alpha value is -6.80. The molecule has 1 heterocycles. The summed E-state index contributed by atoms with van der Waals surface area (Å²) in [4.78, 5) is 0. The second-order valence-corrected chi connectivity index (χ2v) is 16.7. The molecule has 1 atom stereocenters. The molecule has 0 aliphatic heterocycles. The fraction of sp³-hybridized carbons (Fsp3) is 0.0526. The van der Waals surface area contributed by atoms with E-state index in [-0.39, 0.29) is 5.92 Å². The van der Waals surface area contributed by atoms with Gasteiger partial charge >= 0.3 is 0 Å². The average molecular weight is 757 g/mol. The molecule has 0 N–H and O–H groups in total. The Morgan fingerprint density at radius 2 is 0.879 bits per heavy atom. The lowest BCUT2D eigenvalue weighted by Crippen LogP contribution is -2.28. The lowest BCUT2D eigenvalue weighted by Gasteiger charge is -2.34. The van der Waals surface area contributed by atoms with Gasteiger partial charge in [0.15, 0.2) is 0 Å². The van der Waals surface area contributed by atoms with Crippen LogP contribution < -0.4 is 0 Å². The van der Waals surface area contributed by atoms with Crippen LogP contribution in [0.5, 0.6) is 0 Å². The van der Waals surface area contributed by atoms with Gasteiger partial charge in [0.2, 0.25) is 0 Å². The van der Waals surface area contributed by atoms with Crippen LogP contribution in [0.4, 0.5) is 0 Å². The van der Waals surface area contributed by atoms with E-state index < -0.39 is 5.41 Å². The third kappa shape index (κ3) is 5.73. The first-order valence-corrected chi connectivity index (χ1v) is 21.1. The molecule has 0 bridgehead atoms. The summed E-state index contributed by atoms with van der Waals surface area (Å²) < 4.78 is 2.68. The predicted octanol–water partition coefficient (Wildman–Crippen LogP) is 15.1. The number of hydrogen-bond acceptors (Lipinski definition) is 1. The third-order valence-corrected chi connectivity index (χ3v) is 13.6. The highest BCUT2D eigenvalue weighted by Crippen LogP contribution is 2.56. The van der Waals surface area contributed by atoms with Gasteiger partial charge in [-0.3, -0.25) is 0 Å². The van der Waals surface area contributed by atoms with E-state index in [0.717, 1.165) is 6.42 Å². The van der Waals surface area contributed by atoms with Crippen LogP contribution in [0.25, 0.3) is 53.6 Å². The maximum absolute atomic E-state index is 2.49. The number of thiophene rings is 1. The lowest BCUT2D eigenvalue weighted by atomic mass is 9.67. The van der Waals surface area contributed by atoms with E-state index in [1.807, 2.05) is 11.3 Å². The van der Waals surface area contributed by atoms with Crippen molar-refractivity contribution in [1.82, 2.24) is 0 Å². The minimum absolute atomic E-state index is 0.171. The minimum atomic E-state index is -0.395.